The molecule has 0 saturated heterocycles. The van der Waals surface area contributed by atoms with Crippen molar-refractivity contribution < 1.29 is 4.42 Å². The Bertz CT molecular complexity index is 3150. The molecule has 0 spiro atoms. The van der Waals surface area contributed by atoms with E-state index in [1.54, 1.807) is 0 Å². The van der Waals surface area contributed by atoms with Gasteiger partial charge in [0.2, 0.25) is 0 Å². The van der Waals surface area contributed by atoms with Crippen LogP contribution in [0.3, 0.4) is 0 Å². The second-order valence-electron chi connectivity index (χ2n) is 13.3. The Morgan fingerprint density at radius 3 is 1.96 bits per heavy atom. The van der Waals surface area contributed by atoms with E-state index in [1.165, 1.54) is 63.6 Å². The fraction of sp³-hybridized carbons (Fsp3) is 0. The van der Waals surface area contributed by atoms with Gasteiger partial charge >= 0.3 is 0 Å². The number of para-hydroxylation sites is 1. The number of hydrogen-bond donors (Lipinski definition) is 0. The quantitative estimate of drug-likeness (QED) is 0.174. The number of anilines is 3. The van der Waals surface area contributed by atoms with E-state index in [9.17, 15) is 0 Å². The molecule has 9 aromatic carbocycles. The van der Waals surface area contributed by atoms with Crippen molar-refractivity contribution in [1.29, 1.82) is 0 Å². The molecule has 0 bridgehead atoms. The molecule has 0 amide bonds. The number of furan rings is 1. The van der Waals surface area contributed by atoms with Gasteiger partial charge in [0, 0.05) is 48.0 Å². The number of rotatable bonds is 4. The zero-order valence-corrected chi connectivity index (χ0v) is 28.3. The van der Waals surface area contributed by atoms with Crippen LogP contribution in [0.4, 0.5) is 17.1 Å². The summed E-state index contributed by atoms with van der Waals surface area (Å²) in [6.07, 6.45) is 0. The summed E-state index contributed by atoms with van der Waals surface area (Å²) >= 11 is 1.88. The number of fused-ring (bicyclic) bond motifs is 11. The zero-order chi connectivity index (χ0) is 33.5. The summed E-state index contributed by atoms with van der Waals surface area (Å²) in [4.78, 5) is 2.37. The summed E-state index contributed by atoms with van der Waals surface area (Å²) in [5, 5.41) is 12.4. The third kappa shape index (κ3) is 4.42. The highest BCUT2D eigenvalue weighted by molar-refractivity contribution is 7.26. The van der Waals surface area contributed by atoms with E-state index in [0.29, 0.717) is 0 Å². The van der Waals surface area contributed by atoms with Crippen molar-refractivity contribution in [2.24, 2.45) is 0 Å². The highest BCUT2D eigenvalue weighted by atomic mass is 32.1. The molecule has 2 heterocycles. The lowest BCUT2D eigenvalue weighted by Gasteiger charge is -2.25. The van der Waals surface area contributed by atoms with Crippen molar-refractivity contribution in [3.8, 4) is 11.1 Å². The minimum Gasteiger partial charge on any atom is -0.456 e. The molecule has 11 aromatic rings. The lowest BCUT2D eigenvalue weighted by Crippen LogP contribution is -2.09. The van der Waals surface area contributed by atoms with Gasteiger partial charge in [0.15, 0.2) is 0 Å². The molecule has 11 rings (SSSR count). The fourth-order valence-electron chi connectivity index (χ4n) is 8.03. The van der Waals surface area contributed by atoms with Crippen molar-refractivity contribution in [1.82, 2.24) is 0 Å². The third-order valence-electron chi connectivity index (χ3n) is 10.4. The molecule has 0 radical (unpaired) electrons. The van der Waals surface area contributed by atoms with Crippen molar-refractivity contribution in [3.63, 3.8) is 0 Å². The molecule has 0 unspecified atom stereocenters. The SMILES string of the molecule is c1ccc(N(c2ccc3sc4c5ccccc5ccc4c3c2)c2ccc3oc4cccc(-c5ccc6c(ccc7ccccc76)c5)c4c3c2)cc1. The van der Waals surface area contributed by atoms with Gasteiger partial charge in [-0.25, -0.2) is 0 Å². The Hall–Kier alpha value is -6.42. The predicted molar refractivity (Wildman–Crippen MR) is 219 cm³/mol. The van der Waals surface area contributed by atoms with Crippen LogP contribution in [0.25, 0.3) is 85.6 Å². The van der Waals surface area contributed by atoms with Crippen LogP contribution in [-0.4, -0.2) is 0 Å². The molecule has 0 aliphatic rings. The van der Waals surface area contributed by atoms with Gasteiger partial charge in [-0.3, -0.25) is 0 Å². The van der Waals surface area contributed by atoms with E-state index in [4.69, 9.17) is 4.42 Å². The molecule has 3 heteroatoms. The van der Waals surface area contributed by atoms with Crippen LogP contribution in [0, 0.1) is 0 Å². The highest BCUT2D eigenvalue weighted by Crippen LogP contribution is 2.45. The first-order valence-corrected chi connectivity index (χ1v) is 18.1. The molecule has 2 aromatic heterocycles. The maximum Gasteiger partial charge on any atom is 0.136 e. The number of hydrogen-bond acceptors (Lipinski definition) is 3. The first kappa shape index (κ1) is 28.4. The van der Waals surface area contributed by atoms with Crippen LogP contribution < -0.4 is 4.90 Å². The van der Waals surface area contributed by atoms with Gasteiger partial charge in [-0.05, 0) is 104 Å². The minimum atomic E-state index is 0.882. The van der Waals surface area contributed by atoms with E-state index in [1.807, 2.05) is 11.3 Å². The Morgan fingerprint density at radius 2 is 1.08 bits per heavy atom. The molecule has 0 aliphatic heterocycles. The Labute approximate surface area is 298 Å². The molecule has 0 fully saturated rings. The van der Waals surface area contributed by atoms with Crippen LogP contribution in [0.5, 0.6) is 0 Å². The first-order chi connectivity index (χ1) is 25.3. The molecule has 238 valence electrons. The van der Waals surface area contributed by atoms with E-state index >= 15 is 0 Å². The maximum absolute atomic E-state index is 6.52. The van der Waals surface area contributed by atoms with Crippen molar-refractivity contribution in [2.75, 3.05) is 4.90 Å². The number of thiophene rings is 1. The molecule has 0 N–H and O–H groups in total. The van der Waals surface area contributed by atoms with Gasteiger partial charge in [0.1, 0.15) is 11.2 Å². The number of benzene rings is 9. The summed E-state index contributed by atoms with van der Waals surface area (Å²) in [7, 11) is 0. The lowest BCUT2D eigenvalue weighted by molar-refractivity contribution is 0.669. The molecule has 0 aliphatic carbocycles. The van der Waals surface area contributed by atoms with Gasteiger partial charge in [-0.2, -0.15) is 0 Å². The van der Waals surface area contributed by atoms with Crippen LogP contribution in [0.1, 0.15) is 0 Å². The van der Waals surface area contributed by atoms with E-state index in [2.05, 4.69) is 181 Å². The average molecular weight is 668 g/mol. The van der Waals surface area contributed by atoms with Crippen LogP contribution in [0.15, 0.2) is 180 Å². The second kappa shape index (κ2) is 11.0. The topological polar surface area (TPSA) is 16.4 Å². The lowest BCUT2D eigenvalue weighted by atomic mass is 9.95. The van der Waals surface area contributed by atoms with Gasteiger partial charge < -0.3 is 9.32 Å². The second-order valence-corrected chi connectivity index (χ2v) is 14.4. The molecule has 0 atom stereocenters. The summed E-state index contributed by atoms with van der Waals surface area (Å²) < 4.78 is 9.15. The molecule has 2 nitrogen and oxygen atoms in total. The molecule has 51 heavy (non-hydrogen) atoms. The van der Waals surface area contributed by atoms with Crippen molar-refractivity contribution in [2.45, 2.75) is 0 Å². The maximum atomic E-state index is 6.52. The average Bonchev–Trinajstić information content (AvgIpc) is 3.76. The third-order valence-corrected chi connectivity index (χ3v) is 11.6. The van der Waals surface area contributed by atoms with Crippen LogP contribution in [-0.2, 0) is 0 Å². The van der Waals surface area contributed by atoms with Gasteiger partial charge in [-0.15, -0.1) is 11.3 Å². The van der Waals surface area contributed by atoms with Crippen molar-refractivity contribution in [3.05, 3.63) is 176 Å². The Balaban J connectivity index is 1.10. The minimum absolute atomic E-state index is 0.882. The van der Waals surface area contributed by atoms with E-state index in [-0.39, 0.29) is 0 Å². The summed E-state index contributed by atoms with van der Waals surface area (Å²) in [6, 6.07) is 63.7. The normalized spacial score (nSPS) is 11.9. The monoisotopic (exact) mass is 667 g/mol. The summed E-state index contributed by atoms with van der Waals surface area (Å²) in [5.74, 6) is 0. The van der Waals surface area contributed by atoms with Gasteiger partial charge in [-0.1, -0.05) is 115 Å². The molecular formula is C48H29NOS. The zero-order valence-electron chi connectivity index (χ0n) is 27.5. The van der Waals surface area contributed by atoms with Gasteiger partial charge in [0.25, 0.3) is 0 Å². The van der Waals surface area contributed by atoms with E-state index < -0.39 is 0 Å². The summed E-state index contributed by atoms with van der Waals surface area (Å²) in [6.45, 7) is 0. The summed E-state index contributed by atoms with van der Waals surface area (Å²) in [5.41, 5.74) is 7.43. The standard InChI is InChI=1S/C48H29NOS/c1-2-11-34(12-3-1)49(36-22-26-46-42(28-36)41-24-19-31-10-5-7-14-40(31)48(41)51-46)35-21-25-44-43(29-35)47-39(15-8-16-45(47)50-44)33-20-23-38-32(27-33)18-17-30-9-4-6-13-37(30)38/h1-29H. The fourth-order valence-corrected chi connectivity index (χ4v) is 9.25. The number of nitrogens with zero attached hydrogens (tertiary/aromatic N) is 1. The molecule has 0 saturated carbocycles. The largest absolute Gasteiger partial charge is 0.456 e. The van der Waals surface area contributed by atoms with Gasteiger partial charge in [0.05, 0.1) is 0 Å². The van der Waals surface area contributed by atoms with Crippen molar-refractivity contribution >= 4 is 103 Å². The van der Waals surface area contributed by atoms with E-state index in [0.717, 1.165) is 39.0 Å². The van der Waals surface area contributed by atoms with Crippen LogP contribution >= 0.6 is 11.3 Å². The smallest absolute Gasteiger partial charge is 0.136 e. The van der Waals surface area contributed by atoms with Crippen LogP contribution in [0.2, 0.25) is 0 Å². The Morgan fingerprint density at radius 1 is 0.392 bits per heavy atom. The highest BCUT2D eigenvalue weighted by Gasteiger charge is 2.19. The predicted octanol–water partition coefficient (Wildman–Crippen LogP) is 14.6. The first-order valence-electron chi connectivity index (χ1n) is 17.3. The molecular weight excluding hydrogens is 639 g/mol. The Kier molecular flexibility index (Phi) is 6.16.